The Balaban J connectivity index is 1.90. The van der Waals surface area contributed by atoms with Gasteiger partial charge < -0.3 is 14.4 Å². The van der Waals surface area contributed by atoms with Gasteiger partial charge in [-0.15, -0.1) is 6.42 Å². The zero-order valence-corrected chi connectivity index (χ0v) is 12.0. The van der Waals surface area contributed by atoms with E-state index in [4.69, 9.17) is 21.4 Å². The summed E-state index contributed by atoms with van der Waals surface area (Å²) >= 11 is 0. The van der Waals surface area contributed by atoms with Gasteiger partial charge in [0.1, 0.15) is 13.2 Å². The first-order valence-corrected chi connectivity index (χ1v) is 6.79. The van der Waals surface area contributed by atoms with E-state index < -0.39 is 18.2 Å². The lowest BCUT2D eigenvalue weighted by Gasteiger charge is -2.16. The minimum atomic E-state index is -0.464. The number of carbonyl (C=O) groups excluding carboxylic acids is 1. The van der Waals surface area contributed by atoms with E-state index in [0.717, 1.165) is 5.56 Å². The molecule has 22 heavy (non-hydrogen) atoms. The number of hydrogen-bond donors (Lipinski definition) is 0. The molecule has 1 heterocycles. The van der Waals surface area contributed by atoms with Gasteiger partial charge in [-0.05, 0) is 11.1 Å². The third kappa shape index (κ3) is 4.16. The van der Waals surface area contributed by atoms with E-state index in [1.54, 1.807) is 0 Å². The first kappa shape index (κ1) is 15.7. The Kier molecular flexibility index (Phi) is 5.66. The van der Waals surface area contributed by atoms with Gasteiger partial charge in [-0.25, -0.2) is 4.79 Å². The van der Waals surface area contributed by atoms with Gasteiger partial charge >= 0.3 is 6.09 Å². The molecule has 0 bridgehead atoms. The molecule has 0 aliphatic carbocycles. The maximum Gasteiger partial charge on any atom is 0.410 e. The molecule has 7 heteroatoms. The molecule has 1 aliphatic rings. The summed E-state index contributed by atoms with van der Waals surface area (Å²) in [5, 5.41) is 3.65. The highest BCUT2D eigenvalue weighted by atomic mass is 16.6. The van der Waals surface area contributed by atoms with Gasteiger partial charge in [-0.2, -0.15) is 0 Å². The maximum absolute atomic E-state index is 12.1. The van der Waals surface area contributed by atoms with E-state index >= 15 is 0 Å². The van der Waals surface area contributed by atoms with Gasteiger partial charge in [0.25, 0.3) is 0 Å². The average Bonchev–Trinajstić information content (AvgIpc) is 2.95. The van der Waals surface area contributed by atoms with Crippen molar-refractivity contribution in [1.82, 2.24) is 4.90 Å². The smallest absolute Gasteiger partial charge is 0.410 e. The fourth-order valence-electron chi connectivity index (χ4n) is 2.21. The number of ether oxygens (including phenoxy) is 2. The monoisotopic (exact) mass is 300 g/mol. The summed E-state index contributed by atoms with van der Waals surface area (Å²) in [5.74, 6) is 2.36. The average molecular weight is 300 g/mol. The van der Waals surface area contributed by atoms with Crippen molar-refractivity contribution >= 4 is 6.09 Å². The summed E-state index contributed by atoms with van der Waals surface area (Å²) in [5.41, 5.74) is 9.48. The van der Waals surface area contributed by atoms with Crippen molar-refractivity contribution in [3.8, 4) is 12.3 Å². The number of benzene rings is 1. The van der Waals surface area contributed by atoms with E-state index in [9.17, 15) is 4.79 Å². The van der Waals surface area contributed by atoms with Crippen LogP contribution >= 0.6 is 0 Å². The van der Waals surface area contributed by atoms with E-state index in [1.165, 1.54) is 4.90 Å². The van der Waals surface area contributed by atoms with Gasteiger partial charge in [0.05, 0.1) is 18.7 Å². The molecule has 0 saturated carbocycles. The molecule has 0 unspecified atom stereocenters. The highest BCUT2D eigenvalue weighted by Gasteiger charge is 2.36. The predicted molar refractivity (Wildman–Crippen MR) is 79.7 cm³/mol. The second kappa shape index (κ2) is 7.93. The molecule has 1 amide bonds. The summed E-state index contributed by atoms with van der Waals surface area (Å²) in [7, 11) is 0. The molecule has 2 rings (SSSR count). The van der Waals surface area contributed by atoms with Crippen LogP contribution in [0, 0.1) is 12.3 Å². The third-order valence-corrected chi connectivity index (χ3v) is 3.28. The van der Waals surface area contributed by atoms with Gasteiger partial charge in [-0.1, -0.05) is 41.4 Å². The standard InChI is InChI=1S/C15H16N4O3/c1-2-8-21-14-10-19(9-13(14)17-18-16)15(20)22-11-12-6-4-3-5-7-12/h1,3-7,13-14H,8-11H2/t13-,14-/m1/s1. The molecule has 1 aromatic carbocycles. The van der Waals surface area contributed by atoms with Gasteiger partial charge in [0, 0.05) is 11.5 Å². The fourth-order valence-corrected chi connectivity index (χ4v) is 2.21. The van der Waals surface area contributed by atoms with Crippen molar-refractivity contribution in [2.24, 2.45) is 5.11 Å². The van der Waals surface area contributed by atoms with Crippen LogP contribution in [0.3, 0.4) is 0 Å². The number of terminal acetylenes is 1. The summed E-state index contributed by atoms with van der Waals surface area (Å²) in [6.45, 7) is 0.846. The van der Waals surface area contributed by atoms with Crippen molar-refractivity contribution in [3.05, 3.63) is 46.3 Å². The molecule has 0 spiro atoms. The zero-order valence-electron chi connectivity index (χ0n) is 12.0. The van der Waals surface area contributed by atoms with Crippen molar-refractivity contribution < 1.29 is 14.3 Å². The number of amides is 1. The van der Waals surface area contributed by atoms with Crippen molar-refractivity contribution in [2.75, 3.05) is 19.7 Å². The van der Waals surface area contributed by atoms with Gasteiger partial charge in [0.2, 0.25) is 0 Å². The van der Waals surface area contributed by atoms with Crippen LogP contribution in [0.15, 0.2) is 35.4 Å². The van der Waals surface area contributed by atoms with Crippen LogP contribution in [0.5, 0.6) is 0 Å². The molecule has 1 saturated heterocycles. The number of nitrogens with zero attached hydrogens (tertiary/aromatic N) is 4. The first-order valence-electron chi connectivity index (χ1n) is 6.79. The molecule has 0 N–H and O–H groups in total. The summed E-state index contributed by atoms with van der Waals surface area (Å²) in [6, 6.07) is 8.94. The normalized spacial score (nSPS) is 20.0. The van der Waals surface area contributed by atoms with Gasteiger partial charge in [0.15, 0.2) is 0 Å². The maximum atomic E-state index is 12.1. The Hall–Kier alpha value is -2.68. The lowest BCUT2D eigenvalue weighted by atomic mass is 10.2. The largest absolute Gasteiger partial charge is 0.445 e. The SMILES string of the molecule is C#CCO[C@@H]1CN(C(=O)OCc2ccccc2)C[C@H]1N=[N+]=[N-]. The predicted octanol–water partition coefficient (Wildman–Crippen LogP) is 2.34. The minimum absolute atomic E-state index is 0.106. The highest BCUT2D eigenvalue weighted by molar-refractivity contribution is 5.68. The van der Waals surface area contributed by atoms with E-state index in [2.05, 4.69) is 15.9 Å². The van der Waals surface area contributed by atoms with Crippen LogP contribution in [0.1, 0.15) is 5.56 Å². The zero-order chi connectivity index (χ0) is 15.8. The second-order valence-corrected chi connectivity index (χ2v) is 4.77. The first-order chi connectivity index (χ1) is 10.7. The third-order valence-electron chi connectivity index (χ3n) is 3.28. The second-order valence-electron chi connectivity index (χ2n) is 4.77. The van der Waals surface area contributed by atoms with Crippen LogP contribution < -0.4 is 0 Å². The number of rotatable bonds is 5. The molecule has 0 aromatic heterocycles. The Morgan fingerprint density at radius 3 is 2.91 bits per heavy atom. The topological polar surface area (TPSA) is 87.5 Å². The van der Waals surface area contributed by atoms with Crippen LogP contribution in [-0.4, -0.2) is 42.8 Å². The lowest BCUT2D eigenvalue weighted by molar-refractivity contribution is 0.0672. The molecular weight excluding hydrogens is 284 g/mol. The molecule has 114 valence electrons. The number of hydrogen-bond acceptors (Lipinski definition) is 4. The minimum Gasteiger partial charge on any atom is -0.445 e. The van der Waals surface area contributed by atoms with Crippen molar-refractivity contribution in [3.63, 3.8) is 0 Å². The molecule has 1 fully saturated rings. The molecule has 1 aromatic rings. The summed E-state index contributed by atoms with van der Waals surface area (Å²) < 4.78 is 10.7. The Morgan fingerprint density at radius 1 is 1.45 bits per heavy atom. The molecule has 1 aliphatic heterocycles. The van der Waals surface area contributed by atoms with Crippen LogP contribution in [0.2, 0.25) is 0 Å². The van der Waals surface area contributed by atoms with Crippen molar-refractivity contribution in [1.29, 1.82) is 0 Å². The number of likely N-dealkylation sites (tertiary alicyclic amines) is 1. The quantitative estimate of drug-likeness (QED) is 0.362. The Labute approximate surface area is 128 Å². The van der Waals surface area contributed by atoms with Gasteiger partial charge in [-0.3, -0.25) is 0 Å². The summed E-state index contributed by atoms with van der Waals surface area (Å²) in [4.78, 5) is 16.3. The van der Waals surface area contributed by atoms with Crippen LogP contribution in [0.25, 0.3) is 10.4 Å². The molecule has 7 nitrogen and oxygen atoms in total. The Bertz CT molecular complexity index is 593. The van der Waals surface area contributed by atoms with E-state index in [-0.39, 0.29) is 19.8 Å². The molecular formula is C15H16N4O3. The lowest BCUT2D eigenvalue weighted by Crippen LogP contribution is -2.30. The fraction of sp³-hybridized carbons (Fsp3) is 0.400. The number of carbonyl (C=O) groups is 1. The van der Waals surface area contributed by atoms with Crippen LogP contribution in [-0.2, 0) is 16.1 Å². The Morgan fingerprint density at radius 2 is 2.23 bits per heavy atom. The highest BCUT2D eigenvalue weighted by Crippen LogP contribution is 2.18. The van der Waals surface area contributed by atoms with E-state index in [0.29, 0.717) is 6.54 Å². The number of azide groups is 1. The molecule has 2 atom stereocenters. The molecule has 0 radical (unpaired) electrons. The summed E-state index contributed by atoms with van der Waals surface area (Å²) in [6.07, 6.45) is 4.28. The van der Waals surface area contributed by atoms with Crippen LogP contribution in [0.4, 0.5) is 4.79 Å². The van der Waals surface area contributed by atoms with E-state index in [1.807, 2.05) is 30.3 Å². The van der Waals surface area contributed by atoms with Crippen molar-refractivity contribution in [2.45, 2.75) is 18.8 Å².